The van der Waals surface area contributed by atoms with Gasteiger partial charge in [0, 0.05) is 11.3 Å². The standard InChI is InChI=1S/C11H24N2S/c1-13(2)9-5-8-12-10-6-4-7-11(10)14-3/h10-12H,4-9H2,1-3H3. The highest BCUT2D eigenvalue weighted by molar-refractivity contribution is 7.99. The Bertz CT molecular complexity index is 150. The van der Waals surface area contributed by atoms with Crippen LogP contribution in [0.4, 0.5) is 0 Å². The maximum Gasteiger partial charge on any atom is 0.0198 e. The Kier molecular flexibility index (Phi) is 5.90. The van der Waals surface area contributed by atoms with Crippen LogP contribution in [0.1, 0.15) is 25.7 Å². The van der Waals surface area contributed by atoms with Gasteiger partial charge in [0.25, 0.3) is 0 Å². The fourth-order valence-electron chi connectivity index (χ4n) is 2.12. The zero-order valence-electron chi connectivity index (χ0n) is 9.75. The van der Waals surface area contributed by atoms with Gasteiger partial charge in [-0.2, -0.15) is 11.8 Å². The average Bonchev–Trinajstić information content (AvgIpc) is 2.59. The van der Waals surface area contributed by atoms with Crippen molar-refractivity contribution in [3.05, 3.63) is 0 Å². The van der Waals surface area contributed by atoms with Crippen molar-refractivity contribution in [1.82, 2.24) is 10.2 Å². The van der Waals surface area contributed by atoms with E-state index in [-0.39, 0.29) is 0 Å². The maximum absolute atomic E-state index is 3.69. The molecule has 14 heavy (non-hydrogen) atoms. The molecule has 0 spiro atoms. The molecule has 1 rings (SSSR count). The predicted octanol–water partition coefficient (Wildman–Crippen LogP) is 1.81. The second kappa shape index (κ2) is 6.70. The molecule has 2 unspecified atom stereocenters. The second-order valence-electron chi connectivity index (χ2n) is 4.42. The molecular formula is C11H24N2S. The molecule has 0 aromatic carbocycles. The van der Waals surface area contributed by atoms with Crippen molar-refractivity contribution >= 4 is 11.8 Å². The summed E-state index contributed by atoms with van der Waals surface area (Å²) < 4.78 is 0. The molecule has 1 fully saturated rings. The molecule has 2 atom stereocenters. The molecule has 1 N–H and O–H groups in total. The third-order valence-corrected chi connectivity index (χ3v) is 4.11. The van der Waals surface area contributed by atoms with Crippen LogP contribution >= 0.6 is 11.8 Å². The lowest BCUT2D eigenvalue weighted by atomic mass is 10.2. The molecule has 2 nitrogen and oxygen atoms in total. The molecule has 0 amide bonds. The average molecular weight is 216 g/mol. The molecule has 0 aromatic rings. The van der Waals surface area contributed by atoms with E-state index in [4.69, 9.17) is 0 Å². The van der Waals surface area contributed by atoms with E-state index in [0.29, 0.717) is 0 Å². The zero-order chi connectivity index (χ0) is 10.4. The molecule has 0 aliphatic heterocycles. The van der Waals surface area contributed by atoms with E-state index < -0.39 is 0 Å². The summed E-state index contributed by atoms with van der Waals surface area (Å²) >= 11 is 2.03. The number of hydrogen-bond donors (Lipinski definition) is 1. The van der Waals surface area contributed by atoms with E-state index in [1.165, 1.54) is 38.8 Å². The van der Waals surface area contributed by atoms with Crippen LogP contribution in [0.15, 0.2) is 0 Å². The molecule has 0 radical (unpaired) electrons. The van der Waals surface area contributed by atoms with Crippen LogP contribution < -0.4 is 5.32 Å². The first-order chi connectivity index (χ1) is 6.74. The minimum atomic E-state index is 0.784. The van der Waals surface area contributed by atoms with Crippen molar-refractivity contribution in [3.8, 4) is 0 Å². The van der Waals surface area contributed by atoms with Crippen LogP contribution in [0.5, 0.6) is 0 Å². The van der Waals surface area contributed by atoms with Crippen LogP contribution in [0.2, 0.25) is 0 Å². The van der Waals surface area contributed by atoms with Gasteiger partial charge in [-0.3, -0.25) is 0 Å². The number of hydrogen-bond acceptors (Lipinski definition) is 3. The number of thioether (sulfide) groups is 1. The summed E-state index contributed by atoms with van der Waals surface area (Å²) in [5.74, 6) is 0. The van der Waals surface area contributed by atoms with Gasteiger partial charge >= 0.3 is 0 Å². The highest BCUT2D eigenvalue weighted by Crippen LogP contribution is 2.28. The molecule has 1 aliphatic carbocycles. The van der Waals surface area contributed by atoms with Crippen molar-refractivity contribution in [2.24, 2.45) is 0 Å². The SMILES string of the molecule is CSC1CCCC1NCCCN(C)C. The molecule has 0 heterocycles. The normalized spacial score (nSPS) is 27.4. The molecular weight excluding hydrogens is 192 g/mol. The number of nitrogens with one attached hydrogen (secondary N) is 1. The van der Waals surface area contributed by atoms with Crippen molar-refractivity contribution in [1.29, 1.82) is 0 Å². The largest absolute Gasteiger partial charge is 0.313 e. The van der Waals surface area contributed by atoms with Crippen LogP contribution in [0, 0.1) is 0 Å². The summed E-state index contributed by atoms with van der Waals surface area (Å²) in [6.07, 6.45) is 7.71. The molecule has 0 aromatic heterocycles. The van der Waals surface area contributed by atoms with E-state index in [9.17, 15) is 0 Å². The second-order valence-corrected chi connectivity index (χ2v) is 5.50. The van der Waals surface area contributed by atoms with Crippen LogP contribution in [0.25, 0.3) is 0 Å². The number of nitrogens with zero attached hydrogens (tertiary/aromatic N) is 1. The van der Waals surface area contributed by atoms with Crippen LogP contribution in [0.3, 0.4) is 0 Å². The van der Waals surface area contributed by atoms with Gasteiger partial charge in [0.05, 0.1) is 0 Å². The highest BCUT2D eigenvalue weighted by atomic mass is 32.2. The molecule has 84 valence electrons. The predicted molar refractivity (Wildman–Crippen MR) is 66.1 cm³/mol. The minimum absolute atomic E-state index is 0.784. The molecule has 3 heteroatoms. The molecule has 1 aliphatic rings. The smallest absolute Gasteiger partial charge is 0.0198 e. The Morgan fingerprint density at radius 2 is 2.14 bits per heavy atom. The van der Waals surface area contributed by atoms with E-state index in [1.54, 1.807) is 0 Å². The quantitative estimate of drug-likeness (QED) is 0.682. The van der Waals surface area contributed by atoms with E-state index in [2.05, 4.69) is 30.6 Å². The Labute approximate surface area is 92.8 Å². The third-order valence-electron chi connectivity index (χ3n) is 2.94. The maximum atomic E-state index is 3.69. The van der Waals surface area contributed by atoms with Gasteiger partial charge in [0.1, 0.15) is 0 Å². The van der Waals surface area contributed by atoms with Crippen molar-refractivity contribution < 1.29 is 0 Å². The topological polar surface area (TPSA) is 15.3 Å². The Morgan fingerprint density at radius 1 is 1.36 bits per heavy atom. The van der Waals surface area contributed by atoms with Crippen molar-refractivity contribution in [3.63, 3.8) is 0 Å². The highest BCUT2D eigenvalue weighted by Gasteiger charge is 2.25. The summed E-state index contributed by atoms with van der Waals surface area (Å²) in [5, 5.41) is 4.56. The summed E-state index contributed by atoms with van der Waals surface area (Å²) in [6.45, 7) is 2.38. The van der Waals surface area contributed by atoms with Crippen LogP contribution in [-0.2, 0) is 0 Å². The lowest BCUT2D eigenvalue weighted by Crippen LogP contribution is -2.35. The number of rotatable bonds is 6. The van der Waals surface area contributed by atoms with Gasteiger partial charge in [-0.15, -0.1) is 0 Å². The summed E-state index contributed by atoms with van der Waals surface area (Å²) in [5.41, 5.74) is 0. The Morgan fingerprint density at radius 3 is 2.79 bits per heavy atom. The first-order valence-corrected chi connectivity index (χ1v) is 6.93. The molecule has 0 saturated heterocycles. The van der Waals surface area contributed by atoms with E-state index in [1.807, 2.05) is 11.8 Å². The monoisotopic (exact) mass is 216 g/mol. The fraction of sp³-hybridized carbons (Fsp3) is 1.00. The lowest BCUT2D eigenvalue weighted by Gasteiger charge is -2.19. The van der Waals surface area contributed by atoms with Gasteiger partial charge in [0.2, 0.25) is 0 Å². The van der Waals surface area contributed by atoms with Gasteiger partial charge < -0.3 is 10.2 Å². The first-order valence-electron chi connectivity index (χ1n) is 5.65. The zero-order valence-corrected chi connectivity index (χ0v) is 10.6. The molecule has 0 bridgehead atoms. The van der Waals surface area contributed by atoms with Gasteiger partial charge in [0.15, 0.2) is 0 Å². The third kappa shape index (κ3) is 4.20. The molecule has 1 saturated carbocycles. The van der Waals surface area contributed by atoms with Gasteiger partial charge in [-0.05, 0) is 52.7 Å². The fourth-order valence-corrected chi connectivity index (χ4v) is 3.09. The minimum Gasteiger partial charge on any atom is -0.313 e. The van der Waals surface area contributed by atoms with E-state index >= 15 is 0 Å². The van der Waals surface area contributed by atoms with Crippen molar-refractivity contribution in [2.75, 3.05) is 33.4 Å². The summed E-state index contributed by atoms with van der Waals surface area (Å²) in [7, 11) is 4.28. The van der Waals surface area contributed by atoms with Crippen molar-refractivity contribution in [2.45, 2.75) is 37.0 Å². The summed E-state index contributed by atoms with van der Waals surface area (Å²) in [4.78, 5) is 2.25. The van der Waals surface area contributed by atoms with Crippen LogP contribution in [-0.4, -0.2) is 49.6 Å². The lowest BCUT2D eigenvalue weighted by molar-refractivity contribution is 0.387. The van der Waals surface area contributed by atoms with Gasteiger partial charge in [-0.25, -0.2) is 0 Å². The van der Waals surface area contributed by atoms with E-state index in [0.717, 1.165) is 11.3 Å². The summed E-state index contributed by atoms with van der Waals surface area (Å²) in [6, 6.07) is 0.784. The Balaban J connectivity index is 2.05. The first kappa shape index (κ1) is 12.3. The Hall–Kier alpha value is 0.270. The van der Waals surface area contributed by atoms with Gasteiger partial charge in [-0.1, -0.05) is 6.42 Å².